The van der Waals surface area contributed by atoms with Crippen LogP contribution in [0.3, 0.4) is 0 Å². The molecule has 0 heterocycles. The second kappa shape index (κ2) is 13.8. The predicted molar refractivity (Wildman–Crippen MR) is 133 cm³/mol. The lowest BCUT2D eigenvalue weighted by Crippen LogP contribution is -2.14. The van der Waals surface area contributed by atoms with Crippen LogP contribution in [0.2, 0.25) is 0 Å². The van der Waals surface area contributed by atoms with Crippen molar-refractivity contribution >= 4 is 23.1 Å². The molecule has 0 saturated carbocycles. The Labute approximate surface area is 205 Å². The van der Waals surface area contributed by atoms with Gasteiger partial charge in [-0.15, -0.1) is 0 Å². The Bertz CT molecular complexity index is 1100. The van der Waals surface area contributed by atoms with E-state index in [1.807, 2.05) is 18.2 Å². The van der Waals surface area contributed by atoms with Crippen molar-refractivity contribution in [3.05, 3.63) is 60.7 Å². The van der Waals surface area contributed by atoms with Gasteiger partial charge in [-0.3, -0.25) is 0 Å². The van der Waals surface area contributed by atoms with Crippen LogP contribution in [0.25, 0.3) is 10.8 Å². The monoisotopic (exact) mass is 480 g/mol. The van der Waals surface area contributed by atoms with Crippen LogP contribution >= 0.6 is 0 Å². The topological polar surface area (TPSA) is 80.3 Å². The van der Waals surface area contributed by atoms with Crippen molar-refractivity contribution in [3.8, 4) is 23.0 Å². The third-order valence-corrected chi connectivity index (χ3v) is 5.21. The van der Waals surface area contributed by atoms with E-state index < -0.39 is 12.3 Å². The van der Waals surface area contributed by atoms with E-state index in [9.17, 15) is 9.59 Å². The van der Waals surface area contributed by atoms with Gasteiger partial charge in [0.25, 0.3) is 0 Å². The maximum absolute atomic E-state index is 12.5. The van der Waals surface area contributed by atoms with E-state index in [-0.39, 0.29) is 30.5 Å². The molecule has 7 heteroatoms. The fourth-order valence-electron chi connectivity index (χ4n) is 3.42. The lowest BCUT2D eigenvalue weighted by Gasteiger charge is -2.16. The summed E-state index contributed by atoms with van der Waals surface area (Å²) in [6, 6.07) is 17.7. The van der Waals surface area contributed by atoms with Crippen LogP contribution < -0.4 is 14.2 Å². The fourth-order valence-corrected chi connectivity index (χ4v) is 3.42. The SMILES string of the molecule is CCCCCOC(=O)Oc1cc(Oc2ccccc2)c(OC(=O)OCCCCC)c2ccccc12. The summed E-state index contributed by atoms with van der Waals surface area (Å²) in [6.07, 6.45) is 3.85. The van der Waals surface area contributed by atoms with E-state index in [1.54, 1.807) is 36.4 Å². The highest BCUT2D eigenvalue weighted by molar-refractivity contribution is 5.97. The van der Waals surface area contributed by atoms with E-state index in [0.29, 0.717) is 16.5 Å². The Morgan fingerprint density at radius 3 is 1.86 bits per heavy atom. The quantitative estimate of drug-likeness (QED) is 0.147. The summed E-state index contributed by atoms with van der Waals surface area (Å²) < 4.78 is 27.6. The van der Waals surface area contributed by atoms with Crippen molar-refractivity contribution in [3.63, 3.8) is 0 Å². The molecule has 0 bridgehead atoms. The molecule has 7 nitrogen and oxygen atoms in total. The van der Waals surface area contributed by atoms with Gasteiger partial charge in [0, 0.05) is 16.8 Å². The molecule has 0 unspecified atom stereocenters. The van der Waals surface area contributed by atoms with E-state index in [2.05, 4.69) is 13.8 Å². The average molecular weight is 481 g/mol. The van der Waals surface area contributed by atoms with Crippen molar-refractivity contribution in [2.45, 2.75) is 52.4 Å². The average Bonchev–Trinajstić information content (AvgIpc) is 2.87. The summed E-state index contributed by atoms with van der Waals surface area (Å²) >= 11 is 0. The maximum atomic E-state index is 12.5. The Morgan fingerprint density at radius 2 is 1.23 bits per heavy atom. The van der Waals surface area contributed by atoms with Crippen molar-refractivity contribution in [1.29, 1.82) is 0 Å². The Hall–Kier alpha value is -3.74. The van der Waals surface area contributed by atoms with E-state index >= 15 is 0 Å². The van der Waals surface area contributed by atoms with E-state index in [4.69, 9.17) is 23.7 Å². The molecule has 0 aromatic heterocycles. The van der Waals surface area contributed by atoms with Gasteiger partial charge >= 0.3 is 12.3 Å². The van der Waals surface area contributed by atoms with Gasteiger partial charge in [-0.1, -0.05) is 82.0 Å². The molecule has 0 aliphatic carbocycles. The van der Waals surface area contributed by atoms with Gasteiger partial charge in [0.15, 0.2) is 11.5 Å². The number of unbranched alkanes of at least 4 members (excludes halogenated alkanes) is 4. The summed E-state index contributed by atoms with van der Waals surface area (Å²) in [7, 11) is 0. The lowest BCUT2D eigenvalue weighted by molar-refractivity contribution is 0.0952. The normalized spacial score (nSPS) is 10.6. The fraction of sp³-hybridized carbons (Fsp3) is 0.357. The number of carbonyl (C=O) groups excluding carboxylic acids is 2. The molecule has 3 rings (SSSR count). The number of hydrogen-bond donors (Lipinski definition) is 0. The van der Waals surface area contributed by atoms with Crippen LogP contribution in [0.4, 0.5) is 9.59 Å². The maximum Gasteiger partial charge on any atom is 0.513 e. The summed E-state index contributed by atoms with van der Waals surface area (Å²) in [5, 5.41) is 1.09. The highest BCUT2D eigenvalue weighted by atomic mass is 16.7. The van der Waals surface area contributed by atoms with Crippen LogP contribution in [0.1, 0.15) is 52.4 Å². The molecule has 0 aliphatic rings. The van der Waals surface area contributed by atoms with Gasteiger partial charge < -0.3 is 23.7 Å². The largest absolute Gasteiger partial charge is 0.513 e. The third-order valence-electron chi connectivity index (χ3n) is 5.21. The van der Waals surface area contributed by atoms with Crippen LogP contribution in [-0.4, -0.2) is 25.5 Å². The number of benzene rings is 3. The first-order valence-corrected chi connectivity index (χ1v) is 12.1. The van der Waals surface area contributed by atoms with Gasteiger partial charge in [-0.25, -0.2) is 9.59 Å². The zero-order valence-electron chi connectivity index (χ0n) is 20.3. The molecular formula is C28H32O7. The third kappa shape index (κ3) is 7.91. The lowest BCUT2D eigenvalue weighted by atomic mass is 10.1. The second-order valence-electron chi connectivity index (χ2n) is 7.98. The number of para-hydroxylation sites is 1. The zero-order valence-corrected chi connectivity index (χ0v) is 20.3. The first-order valence-electron chi connectivity index (χ1n) is 12.1. The molecule has 0 atom stereocenters. The van der Waals surface area contributed by atoms with Gasteiger partial charge in [0.1, 0.15) is 11.5 Å². The summed E-state index contributed by atoms with van der Waals surface area (Å²) in [5.74, 6) is 1.13. The molecule has 186 valence electrons. The van der Waals surface area contributed by atoms with Crippen LogP contribution in [0, 0.1) is 0 Å². The first-order chi connectivity index (χ1) is 17.1. The highest BCUT2D eigenvalue weighted by Crippen LogP contribution is 2.43. The molecule has 0 aliphatic heterocycles. The highest BCUT2D eigenvalue weighted by Gasteiger charge is 2.21. The molecule has 3 aromatic carbocycles. The van der Waals surface area contributed by atoms with E-state index in [1.165, 1.54) is 6.07 Å². The number of rotatable bonds is 12. The molecule has 0 amide bonds. The molecule has 35 heavy (non-hydrogen) atoms. The van der Waals surface area contributed by atoms with Gasteiger partial charge in [-0.05, 0) is 25.0 Å². The number of fused-ring (bicyclic) bond motifs is 1. The van der Waals surface area contributed by atoms with E-state index in [0.717, 1.165) is 38.5 Å². The molecule has 0 fully saturated rings. The first kappa shape index (κ1) is 25.9. The number of hydrogen-bond acceptors (Lipinski definition) is 7. The molecule has 0 spiro atoms. The molecule has 3 aromatic rings. The minimum Gasteiger partial charge on any atom is -0.453 e. The summed E-state index contributed by atoms with van der Waals surface area (Å²) in [5.41, 5.74) is 0. The smallest absolute Gasteiger partial charge is 0.453 e. The van der Waals surface area contributed by atoms with Crippen molar-refractivity contribution in [2.24, 2.45) is 0 Å². The predicted octanol–water partition coefficient (Wildman–Crippen LogP) is 8.04. The Kier molecular flexibility index (Phi) is 10.2. The van der Waals surface area contributed by atoms with Crippen LogP contribution in [0.15, 0.2) is 60.7 Å². The second-order valence-corrected chi connectivity index (χ2v) is 7.98. The molecular weight excluding hydrogens is 448 g/mol. The summed E-state index contributed by atoms with van der Waals surface area (Å²) in [4.78, 5) is 24.8. The minimum atomic E-state index is -0.826. The van der Waals surface area contributed by atoms with Crippen LogP contribution in [-0.2, 0) is 9.47 Å². The minimum absolute atomic E-state index is 0.175. The molecule has 0 N–H and O–H groups in total. The molecule has 0 radical (unpaired) electrons. The van der Waals surface area contributed by atoms with Gasteiger partial charge in [0.2, 0.25) is 0 Å². The zero-order chi connectivity index (χ0) is 24.9. The van der Waals surface area contributed by atoms with Crippen molar-refractivity contribution in [1.82, 2.24) is 0 Å². The molecule has 0 saturated heterocycles. The number of carbonyl (C=O) groups is 2. The van der Waals surface area contributed by atoms with Gasteiger partial charge in [-0.2, -0.15) is 0 Å². The Balaban J connectivity index is 1.91. The van der Waals surface area contributed by atoms with Crippen LogP contribution in [0.5, 0.6) is 23.0 Å². The standard InChI is InChI=1S/C28H32O7/c1-3-5-12-18-31-27(29)34-24-20-25(33-21-14-8-7-9-15-21)26(23-17-11-10-16-22(23)24)35-28(30)32-19-13-6-4-2/h7-11,14-17,20H,3-6,12-13,18-19H2,1-2H3. The number of ether oxygens (including phenoxy) is 5. The van der Waals surface area contributed by atoms with Crippen molar-refractivity contribution in [2.75, 3.05) is 13.2 Å². The summed E-state index contributed by atoms with van der Waals surface area (Å²) in [6.45, 7) is 4.69. The Morgan fingerprint density at radius 1 is 0.657 bits per heavy atom. The van der Waals surface area contributed by atoms with Crippen molar-refractivity contribution < 1.29 is 33.3 Å². The van der Waals surface area contributed by atoms with Gasteiger partial charge in [0.05, 0.1) is 13.2 Å².